The number of aromatic nitrogens is 2. The molecule has 0 bridgehead atoms. The number of benzene rings is 2. The van der Waals surface area contributed by atoms with Crippen LogP contribution in [-0.4, -0.2) is 9.55 Å². The zero-order valence-electron chi connectivity index (χ0n) is 11.6. The Morgan fingerprint density at radius 1 is 1.19 bits per heavy atom. The molecule has 0 fully saturated rings. The molecule has 108 valence electrons. The van der Waals surface area contributed by atoms with Crippen molar-refractivity contribution in [2.45, 2.75) is 19.2 Å². The maximum Gasteiger partial charge on any atom is 0.132 e. The van der Waals surface area contributed by atoms with E-state index in [4.69, 9.17) is 11.6 Å². The van der Waals surface area contributed by atoms with E-state index >= 15 is 0 Å². The lowest BCUT2D eigenvalue weighted by Crippen LogP contribution is -2.05. The summed E-state index contributed by atoms with van der Waals surface area (Å²) in [5.41, 5.74) is 2.29. The van der Waals surface area contributed by atoms with Gasteiger partial charge in [0.15, 0.2) is 0 Å². The number of halogens is 3. The molecule has 3 aromatic rings. The van der Waals surface area contributed by atoms with Crippen molar-refractivity contribution in [1.82, 2.24) is 9.55 Å². The average molecular weight is 307 g/mol. The smallest absolute Gasteiger partial charge is 0.132 e. The topological polar surface area (TPSA) is 17.8 Å². The van der Waals surface area contributed by atoms with E-state index in [0.717, 1.165) is 0 Å². The molecular weight excluding hydrogens is 294 g/mol. The normalized spacial score (nSPS) is 12.8. The predicted octanol–water partition coefficient (Wildman–Crippen LogP) is 4.91. The van der Waals surface area contributed by atoms with Gasteiger partial charge in [0.05, 0.1) is 22.1 Å². The first-order chi connectivity index (χ1) is 9.99. The minimum Gasteiger partial charge on any atom is -0.295 e. The van der Waals surface area contributed by atoms with Crippen LogP contribution in [0, 0.1) is 18.6 Å². The first kappa shape index (κ1) is 14.0. The Bertz CT molecular complexity index is 825. The van der Waals surface area contributed by atoms with Gasteiger partial charge in [0.1, 0.15) is 17.5 Å². The molecule has 0 spiro atoms. The Hall–Kier alpha value is -1.94. The second-order valence-corrected chi connectivity index (χ2v) is 5.59. The highest BCUT2D eigenvalue weighted by molar-refractivity contribution is 6.20. The summed E-state index contributed by atoms with van der Waals surface area (Å²) in [5.74, 6) is -0.128. The monoisotopic (exact) mass is 306 g/mol. The Labute approximate surface area is 126 Å². The average Bonchev–Trinajstić information content (AvgIpc) is 2.80. The molecule has 0 amide bonds. The van der Waals surface area contributed by atoms with Crippen molar-refractivity contribution in [3.63, 3.8) is 0 Å². The number of alkyl halides is 1. The Morgan fingerprint density at radius 2 is 1.95 bits per heavy atom. The number of imidazole rings is 1. The summed E-state index contributed by atoms with van der Waals surface area (Å²) in [7, 11) is 0. The van der Waals surface area contributed by atoms with Crippen molar-refractivity contribution in [1.29, 1.82) is 0 Å². The zero-order chi connectivity index (χ0) is 15.1. The van der Waals surface area contributed by atoms with Crippen LogP contribution in [0.2, 0.25) is 0 Å². The van der Waals surface area contributed by atoms with Crippen molar-refractivity contribution in [2.24, 2.45) is 0 Å². The predicted molar refractivity (Wildman–Crippen MR) is 80.0 cm³/mol. The van der Waals surface area contributed by atoms with Gasteiger partial charge in [-0.05, 0) is 38.1 Å². The molecule has 0 radical (unpaired) electrons. The zero-order valence-corrected chi connectivity index (χ0v) is 12.3. The summed E-state index contributed by atoms with van der Waals surface area (Å²) in [6.07, 6.45) is 0. The lowest BCUT2D eigenvalue weighted by molar-refractivity contribution is 0.616. The van der Waals surface area contributed by atoms with Crippen LogP contribution in [0.5, 0.6) is 0 Å². The van der Waals surface area contributed by atoms with E-state index in [2.05, 4.69) is 4.98 Å². The minimum atomic E-state index is -0.386. The molecule has 3 rings (SSSR count). The van der Waals surface area contributed by atoms with Gasteiger partial charge in [0.25, 0.3) is 0 Å². The van der Waals surface area contributed by atoms with E-state index in [0.29, 0.717) is 28.1 Å². The van der Waals surface area contributed by atoms with Crippen LogP contribution >= 0.6 is 11.6 Å². The van der Waals surface area contributed by atoms with Crippen LogP contribution in [-0.2, 0) is 0 Å². The number of hydrogen-bond donors (Lipinski definition) is 0. The maximum absolute atomic E-state index is 13.8. The van der Waals surface area contributed by atoms with Crippen LogP contribution in [0.25, 0.3) is 16.7 Å². The van der Waals surface area contributed by atoms with Crippen molar-refractivity contribution in [3.05, 3.63) is 59.4 Å². The molecular formula is C16H13ClF2N2. The highest BCUT2D eigenvalue weighted by atomic mass is 35.5. The Morgan fingerprint density at radius 3 is 2.67 bits per heavy atom. The molecule has 0 N–H and O–H groups in total. The largest absolute Gasteiger partial charge is 0.295 e. The quantitative estimate of drug-likeness (QED) is 0.615. The molecule has 21 heavy (non-hydrogen) atoms. The lowest BCUT2D eigenvalue weighted by atomic mass is 10.1. The van der Waals surface area contributed by atoms with Gasteiger partial charge in [0.2, 0.25) is 0 Å². The summed E-state index contributed by atoms with van der Waals surface area (Å²) in [6, 6.07) is 9.11. The van der Waals surface area contributed by atoms with Crippen molar-refractivity contribution in [3.8, 4) is 5.69 Å². The third kappa shape index (κ3) is 2.29. The van der Waals surface area contributed by atoms with E-state index in [9.17, 15) is 8.78 Å². The fourth-order valence-corrected chi connectivity index (χ4v) is 2.57. The minimum absolute atomic E-state index is 0.320. The fourth-order valence-electron chi connectivity index (χ4n) is 2.43. The van der Waals surface area contributed by atoms with E-state index in [1.807, 2.05) is 0 Å². The van der Waals surface area contributed by atoms with Crippen LogP contribution in [0.3, 0.4) is 0 Å². The highest BCUT2D eigenvalue weighted by Gasteiger charge is 2.18. The second-order valence-electron chi connectivity index (χ2n) is 4.94. The molecule has 1 atom stereocenters. The molecule has 2 aromatic carbocycles. The third-order valence-corrected chi connectivity index (χ3v) is 3.67. The maximum atomic E-state index is 13.8. The molecule has 2 nitrogen and oxygen atoms in total. The van der Waals surface area contributed by atoms with Gasteiger partial charge in [0, 0.05) is 11.6 Å². The summed E-state index contributed by atoms with van der Waals surface area (Å²) in [5, 5.41) is -0.386. The molecule has 5 heteroatoms. The summed E-state index contributed by atoms with van der Waals surface area (Å²) in [4.78, 5) is 4.44. The van der Waals surface area contributed by atoms with Gasteiger partial charge < -0.3 is 0 Å². The van der Waals surface area contributed by atoms with E-state index < -0.39 is 0 Å². The van der Waals surface area contributed by atoms with Gasteiger partial charge in [-0.2, -0.15) is 0 Å². The van der Waals surface area contributed by atoms with Gasteiger partial charge >= 0.3 is 0 Å². The van der Waals surface area contributed by atoms with Crippen molar-refractivity contribution >= 4 is 22.6 Å². The van der Waals surface area contributed by atoms with Gasteiger partial charge in [-0.3, -0.25) is 4.57 Å². The van der Waals surface area contributed by atoms with E-state index in [1.165, 1.54) is 18.2 Å². The van der Waals surface area contributed by atoms with Gasteiger partial charge in [-0.1, -0.05) is 6.07 Å². The van der Waals surface area contributed by atoms with E-state index in [-0.39, 0.29) is 17.0 Å². The van der Waals surface area contributed by atoms with Crippen LogP contribution in [0.1, 0.15) is 23.7 Å². The second kappa shape index (κ2) is 5.11. The third-order valence-electron chi connectivity index (χ3n) is 3.48. The number of rotatable bonds is 2. The van der Waals surface area contributed by atoms with E-state index in [1.54, 1.807) is 36.6 Å². The number of hydrogen-bond acceptors (Lipinski definition) is 1. The van der Waals surface area contributed by atoms with Crippen molar-refractivity contribution in [2.75, 3.05) is 0 Å². The highest BCUT2D eigenvalue weighted by Crippen LogP contribution is 2.30. The fraction of sp³-hybridized carbons (Fsp3) is 0.188. The van der Waals surface area contributed by atoms with Crippen LogP contribution < -0.4 is 0 Å². The SMILES string of the molecule is Cc1c(F)cccc1-n1c(C(C)Cl)nc2ccc(F)cc21. The van der Waals surface area contributed by atoms with Gasteiger partial charge in [-0.25, -0.2) is 13.8 Å². The molecule has 0 aliphatic carbocycles. The number of fused-ring (bicyclic) bond motifs is 1. The lowest BCUT2D eigenvalue weighted by Gasteiger charge is -2.13. The van der Waals surface area contributed by atoms with Crippen molar-refractivity contribution < 1.29 is 8.78 Å². The summed E-state index contributed by atoms with van der Waals surface area (Å²) >= 11 is 6.19. The first-order valence-corrected chi connectivity index (χ1v) is 7.00. The molecule has 0 aliphatic rings. The van der Waals surface area contributed by atoms with Crippen LogP contribution in [0.4, 0.5) is 8.78 Å². The Kier molecular flexibility index (Phi) is 3.41. The number of nitrogens with zero attached hydrogens (tertiary/aromatic N) is 2. The molecule has 1 aromatic heterocycles. The molecule has 0 aliphatic heterocycles. The molecule has 0 saturated carbocycles. The van der Waals surface area contributed by atoms with Gasteiger partial charge in [-0.15, -0.1) is 11.6 Å². The standard InChI is InChI=1S/C16H13ClF2N2/c1-9-12(19)4-3-5-14(9)21-15-8-11(18)6-7-13(15)20-16(21)10(2)17/h3-8,10H,1-2H3. The van der Waals surface area contributed by atoms with Crippen LogP contribution in [0.15, 0.2) is 36.4 Å². The Balaban J connectivity index is 2.41. The summed E-state index contributed by atoms with van der Waals surface area (Å²) in [6.45, 7) is 3.46. The molecule has 1 unspecified atom stereocenters. The first-order valence-electron chi connectivity index (χ1n) is 6.56. The molecule has 1 heterocycles. The summed E-state index contributed by atoms with van der Waals surface area (Å²) < 4.78 is 29.1. The molecule has 0 saturated heterocycles.